The van der Waals surface area contributed by atoms with Crippen molar-refractivity contribution < 1.29 is 14.7 Å². The lowest BCUT2D eigenvalue weighted by Crippen LogP contribution is -2.09. The summed E-state index contributed by atoms with van der Waals surface area (Å²) in [5, 5.41) is 12.2. The van der Waals surface area contributed by atoms with Gasteiger partial charge in [-0.1, -0.05) is 12.1 Å². The van der Waals surface area contributed by atoms with Gasteiger partial charge >= 0.3 is 5.97 Å². The second kappa shape index (κ2) is 4.09. The molecule has 68 valence electrons. The highest BCUT2D eigenvalue weighted by Gasteiger charge is 2.20. The highest BCUT2D eigenvalue weighted by atomic mass is 16.6. The topological polar surface area (TPSA) is 58.9 Å². The minimum absolute atomic E-state index is 0.00366. The maximum atomic E-state index is 10.2. The predicted molar refractivity (Wildman–Crippen MR) is 44.1 cm³/mol. The summed E-state index contributed by atoms with van der Waals surface area (Å²) in [4.78, 5) is 15.2. The van der Waals surface area contributed by atoms with Crippen molar-refractivity contribution in [1.29, 1.82) is 0 Å². The molecule has 0 spiro atoms. The molecule has 0 fully saturated rings. The lowest BCUT2D eigenvalue weighted by molar-refractivity contribution is -0.137. The molecule has 0 aromatic rings. The Morgan fingerprint density at radius 1 is 1.83 bits per heavy atom. The molecule has 0 amide bonds. The molecular weight excluding hydrogens is 158 g/mol. The normalized spacial score (nSPS) is 21.8. The number of carboxylic acid groups (broad SMARTS) is 1. The van der Waals surface area contributed by atoms with Gasteiger partial charge in [0.25, 0.3) is 0 Å². The number of aliphatic carboxylic acids is 1. The Hall–Kier alpha value is -1.06. The maximum Gasteiger partial charge on any atom is 0.303 e. The first-order valence-electron chi connectivity index (χ1n) is 4.15. The zero-order valence-electron chi connectivity index (χ0n) is 7.12. The van der Waals surface area contributed by atoms with Crippen LogP contribution in [0.4, 0.5) is 0 Å². The summed E-state index contributed by atoms with van der Waals surface area (Å²) in [5.41, 5.74) is 1.03. The first-order valence-corrected chi connectivity index (χ1v) is 4.15. The van der Waals surface area contributed by atoms with Crippen LogP contribution in [0.25, 0.3) is 0 Å². The quantitative estimate of drug-likeness (QED) is 0.695. The van der Waals surface area contributed by atoms with E-state index in [0.29, 0.717) is 6.42 Å². The molecule has 1 rings (SSSR count). The van der Waals surface area contributed by atoms with E-state index in [4.69, 9.17) is 9.94 Å². The molecule has 1 N–H and O–H groups in total. The van der Waals surface area contributed by atoms with Gasteiger partial charge in [-0.05, 0) is 12.8 Å². The van der Waals surface area contributed by atoms with E-state index in [9.17, 15) is 4.79 Å². The zero-order chi connectivity index (χ0) is 8.97. The van der Waals surface area contributed by atoms with Crippen molar-refractivity contribution in [3.05, 3.63) is 0 Å². The Morgan fingerprint density at radius 3 is 3.08 bits per heavy atom. The van der Waals surface area contributed by atoms with Crippen molar-refractivity contribution in [1.82, 2.24) is 0 Å². The van der Waals surface area contributed by atoms with Gasteiger partial charge in [0, 0.05) is 12.8 Å². The molecule has 0 radical (unpaired) electrons. The Balaban J connectivity index is 2.18. The molecule has 1 heterocycles. The van der Waals surface area contributed by atoms with Crippen molar-refractivity contribution in [3.63, 3.8) is 0 Å². The molecule has 4 heteroatoms. The van der Waals surface area contributed by atoms with Crippen LogP contribution in [0.3, 0.4) is 0 Å². The average Bonchev–Trinajstić information content (AvgIpc) is 2.48. The SMILES string of the molecule is CCC1=NOC(CCC(=O)O)C1. The first kappa shape index (κ1) is 9.03. The average molecular weight is 171 g/mol. The van der Waals surface area contributed by atoms with Crippen LogP contribution in [0.5, 0.6) is 0 Å². The summed E-state index contributed by atoms with van der Waals surface area (Å²) < 4.78 is 0. The van der Waals surface area contributed by atoms with Gasteiger partial charge in [-0.3, -0.25) is 4.79 Å². The molecule has 1 aliphatic heterocycles. The summed E-state index contributed by atoms with van der Waals surface area (Å²) in [7, 11) is 0. The Morgan fingerprint density at radius 2 is 2.58 bits per heavy atom. The van der Waals surface area contributed by atoms with Crippen LogP contribution >= 0.6 is 0 Å². The fraction of sp³-hybridized carbons (Fsp3) is 0.750. The minimum Gasteiger partial charge on any atom is -0.481 e. The summed E-state index contributed by atoms with van der Waals surface area (Å²) in [6.45, 7) is 2.02. The number of hydrogen-bond acceptors (Lipinski definition) is 3. The summed E-state index contributed by atoms with van der Waals surface area (Å²) in [5.74, 6) is -0.774. The van der Waals surface area contributed by atoms with Crippen LogP contribution in [-0.2, 0) is 9.63 Å². The smallest absolute Gasteiger partial charge is 0.303 e. The maximum absolute atomic E-state index is 10.2. The lowest BCUT2D eigenvalue weighted by Gasteiger charge is -2.04. The van der Waals surface area contributed by atoms with Crippen LogP contribution in [0.15, 0.2) is 5.16 Å². The summed E-state index contributed by atoms with van der Waals surface area (Å²) >= 11 is 0. The number of hydrogen-bond donors (Lipinski definition) is 1. The number of oxime groups is 1. The lowest BCUT2D eigenvalue weighted by atomic mass is 10.1. The Bertz CT molecular complexity index is 200. The van der Waals surface area contributed by atoms with Crippen LogP contribution in [0.2, 0.25) is 0 Å². The van der Waals surface area contributed by atoms with Crippen molar-refractivity contribution in [2.24, 2.45) is 5.16 Å². The zero-order valence-corrected chi connectivity index (χ0v) is 7.12. The van der Waals surface area contributed by atoms with Crippen LogP contribution in [0, 0.1) is 0 Å². The first-order chi connectivity index (χ1) is 5.72. The molecule has 0 aromatic carbocycles. The monoisotopic (exact) mass is 171 g/mol. The molecule has 0 saturated heterocycles. The third-order valence-electron chi connectivity index (χ3n) is 1.88. The number of carboxylic acids is 1. The molecule has 1 atom stereocenters. The molecule has 0 bridgehead atoms. The van der Waals surface area contributed by atoms with E-state index in [2.05, 4.69) is 5.16 Å². The second-order valence-electron chi connectivity index (χ2n) is 2.88. The van der Waals surface area contributed by atoms with Gasteiger partial charge < -0.3 is 9.94 Å². The Labute approximate surface area is 71.2 Å². The molecule has 0 aromatic heterocycles. The number of rotatable bonds is 4. The molecule has 1 unspecified atom stereocenters. The van der Waals surface area contributed by atoms with E-state index in [-0.39, 0.29) is 12.5 Å². The fourth-order valence-electron chi connectivity index (χ4n) is 1.13. The van der Waals surface area contributed by atoms with Gasteiger partial charge in [0.05, 0.1) is 5.71 Å². The van der Waals surface area contributed by atoms with Gasteiger partial charge in [0.2, 0.25) is 0 Å². The largest absolute Gasteiger partial charge is 0.481 e. The second-order valence-corrected chi connectivity index (χ2v) is 2.88. The van der Waals surface area contributed by atoms with Crippen LogP contribution in [0.1, 0.15) is 32.6 Å². The fourth-order valence-corrected chi connectivity index (χ4v) is 1.13. The van der Waals surface area contributed by atoms with E-state index in [1.807, 2.05) is 6.92 Å². The predicted octanol–water partition coefficient (Wildman–Crippen LogP) is 1.41. The van der Waals surface area contributed by atoms with Crippen molar-refractivity contribution in [2.45, 2.75) is 38.7 Å². The van der Waals surface area contributed by atoms with E-state index >= 15 is 0 Å². The van der Waals surface area contributed by atoms with Gasteiger partial charge in [0.1, 0.15) is 6.10 Å². The van der Waals surface area contributed by atoms with Crippen LogP contribution < -0.4 is 0 Å². The van der Waals surface area contributed by atoms with E-state index in [1.54, 1.807) is 0 Å². The molecule has 4 nitrogen and oxygen atoms in total. The molecule has 1 aliphatic rings. The highest BCUT2D eigenvalue weighted by molar-refractivity contribution is 5.85. The van der Waals surface area contributed by atoms with Crippen LogP contribution in [-0.4, -0.2) is 22.9 Å². The molecular formula is C8H13NO3. The van der Waals surface area contributed by atoms with E-state index in [0.717, 1.165) is 18.6 Å². The summed E-state index contributed by atoms with van der Waals surface area (Å²) in [6, 6.07) is 0. The number of carbonyl (C=O) groups is 1. The van der Waals surface area contributed by atoms with Gasteiger partial charge in [-0.2, -0.15) is 0 Å². The molecule has 0 saturated carbocycles. The standard InChI is InChI=1S/C8H13NO3/c1-2-6-5-7(12-9-6)3-4-8(10)11/h7H,2-5H2,1H3,(H,10,11). The van der Waals surface area contributed by atoms with Crippen molar-refractivity contribution in [2.75, 3.05) is 0 Å². The Kier molecular flexibility index (Phi) is 3.08. The molecule has 0 aliphatic carbocycles. The third-order valence-corrected chi connectivity index (χ3v) is 1.88. The molecule has 12 heavy (non-hydrogen) atoms. The number of nitrogens with zero attached hydrogens (tertiary/aromatic N) is 1. The van der Waals surface area contributed by atoms with E-state index in [1.165, 1.54) is 0 Å². The minimum atomic E-state index is -0.774. The van der Waals surface area contributed by atoms with Gasteiger partial charge in [0.15, 0.2) is 0 Å². The van der Waals surface area contributed by atoms with E-state index < -0.39 is 5.97 Å². The van der Waals surface area contributed by atoms with Crippen molar-refractivity contribution >= 4 is 11.7 Å². The van der Waals surface area contributed by atoms with Crippen molar-refractivity contribution in [3.8, 4) is 0 Å². The van der Waals surface area contributed by atoms with Gasteiger partial charge in [-0.15, -0.1) is 0 Å². The third kappa shape index (κ3) is 2.53. The summed E-state index contributed by atoms with van der Waals surface area (Å²) in [6.07, 6.45) is 2.41. The highest BCUT2D eigenvalue weighted by Crippen LogP contribution is 2.16. The van der Waals surface area contributed by atoms with Gasteiger partial charge in [-0.25, -0.2) is 0 Å².